The minimum absolute atomic E-state index is 0.299. The van der Waals surface area contributed by atoms with E-state index in [1.807, 2.05) is 30.3 Å². The number of halogens is 2. The van der Waals surface area contributed by atoms with Crippen LogP contribution in [0.15, 0.2) is 72.8 Å². The second-order valence-corrected chi connectivity index (χ2v) is 18.4. The lowest BCUT2D eigenvalue weighted by atomic mass is 9.70. The molecule has 10 rings (SSSR count). The SMILES string of the molecule is CC[C@]12C=C(C(=O)OC)c3c(C[C@H]4Nc5cc(Cl)cc(Cl)c5C[C@@H]4c4c5n(c6ccccc46)[C@H]4N(O)CCC[C@@]4(CC)C=C5C(=O)OC)c4ccccc4n3[C@H]1N(O)CCC2. The number of piperidine rings is 2. The molecule has 3 N–H and O–H groups in total. The first-order chi connectivity index (χ1) is 29.5. The number of nitrogens with one attached hydrogen (secondary N) is 1. The van der Waals surface area contributed by atoms with E-state index in [-0.39, 0.29) is 12.0 Å². The first-order valence-corrected chi connectivity index (χ1v) is 22.3. The van der Waals surface area contributed by atoms with E-state index < -0.39 is 35.1 Å². The van der Waals surface area contributed by atoms with Crippen LogP contribution < -0.4 is 5.32 Å². The molecule has 2 fully saturated rings. The Kier molecular flexibility index (Phi) is 9.97. The highest BCUT2D eigenvalue weighted by molar-refractivity contribution is 6.35. The van der Waals surface area contributed by atoms with Crippen LogP contribution in [0.3, 0.4) is 0 Å². The van der Waals surface area contributed by atoms with Crippen molar-refractivity contribution >= 4 is 73.8 Å². The summed E-state index contributed by atoms with van der Waals surface area (Å²) in [4.78, 5) is 28.3. The largest absolute Gasteiger partial charge is 0.465 e. The van der Waals surface area contributed by atoms with Crippen LogP contribution in [0.2, 0.25) is 10.0 Å². The molecular formula is C48H51Cl2N5O6. The van der Waals surface area contributed by atoms with Crippen LogP contribution in [0.1, 0.15) is 98.7 Å². The third kappa shape index (κ3) is 5.91. The number of fused-ring (bicyclic) bond motifs is 11. The topological polar surface area (TPSA) is 121 Å². The zero-order valence-corrected chi connectivity index (χ0v) is 36.4. The van der Waals surface area contributed by atoms with E-state index in [4.69, 9.17) is 32.7 Å². The van der Waals surface area contributed by atoms with Gasteiger partial charge in [-0.05, 0) is 92.3 Å². The van der Waals surface area contributed by atoms with Crippen molar-refractivity contribution in [1.82, 2.24) is 19.3 Å². The minimum atomic E-state index is -0.520. The van der Waals surface area contributed by atoms with Gasteiger partial charge < -0.3 is 34.3 Å². The number of esters is 2. The van der Waals surface area contributed by atoms with Gasteiger partial charge in [0.25, 0.3) is 0 Å². The third-order valence-corrected chi connectivity index (χ3v) is 15.4. The van der Waals surface area contributed by atoms with Crippen LogP contribution >= 0.6 is 23.2 Å². The number of carbonyl (C=O) groups excluding carboxylic acids is 2. The van der Waals surface area contributed by atoms with E-state index in [9.17, 15) is 20.0 Å². The molecule has 0 bridgehead atoms. The molecule has 2 aromatic heterocycles. The predicted octanol–water partition coefficient (Wildman–Crippen LogP) is 10.2. The molecule has 5 aromatic rings. The van der Waals surface area contributed by atoms with Crippen LogP contribution in [-0.4, -0.2) is 75.0 Å². The quantitative estimate of drug-likeness (QED) is 0.137. The maximum atomic E-state index is 14.2. The zero-order valence-electron chi connectivity index (χ0n) is 34.9. The predicted molar refractivity (Wildman–Crippen MR) is 237 cm³/mol. The summed E-state index contributed by atoms with van der Waals surface area (Å²) in [7, 11) is 2.84. The second-order valence-electron chi connectivity index (χ2n) is 17.6. The molecule has 0 radical (unpaired) electrons. The number of anilines is 1. The summed E-state index contributed by atoms with van der Waals surface area (Å²) in [5, 5.41) is 33.4. The van der Waals surface area contributed by atoms with Gasteiger partial charge in [-0.15, -0.1) is 0 Å². The average Bonchev–Trinajstić information content (AvgIpc) is 3.78. The van der Waals surface area contributed by atoms with E-state index >= 15 is 0 Å². The van der Waals surface area contributed by atoms with Crippen molar-refractivity contribution in [2.45, 2.75) is 89.5 Å². The number of para-hydroxylation sites is 2. The molecule has 11 nitrogen and oxygen atoms in total. The summed E-state index contributed by atoms with van der Waals surface area (Å²) >= 11 is 13.8. The van der Waals surface area contributed by atoms with Crippen LogP contribution in [0.25, 0.3) is 33.0 Å². The van der Waals surface area contributed by atoms with E-state index in [1.165, 1.54) is 24.3 Å². The van der Waals surface area contributed by atoms with E-state index in [0.717, 1.165) is 87.7 Å². The van der Waals surface area contributed by atoms with Gasteiger partial charge in [0.1, 0.15) is 12.3 Å². The van der Waals surface area contributed by atoms with E-state index in [1.54, 1.807) is 6.07 Å². The first kappa shape index (κ1) is 40.5. The molecule has 5 aliphatic heterocycles. The number of hydrogen-bond acceptors (Lipinski definition) is 9. The van der Waals surface area contributed by atoms with Crippen LogP contribution in [0, 0.1) is 10.8 Å². The summed E-state index contributed by atoms with van der Waals surface area (Å²) < 4.78 is 15.5. The van der Waals surface area contributed by atoms with Gasteiger partial charge in [-0.2, -0.15) is 10.1 Å². The maximum Gasteiger partial charge on any atom is 0.339 e. The Labute approximate surface area is 365 Å². The molecule has 0 spiro atoms. The monoisotopic (exact) mass is 863 g/mol. The average molecular weight is 865 g/mol. The minimum Gasteiger partial charge on any atom is -0.465 e. The Morgan fingerprint density at radius 2 is 1.33 bits per heavy atom. The number of rotatable bonds is 7. The number of hydrogen-bond donors (Lipinski definition) is 3. The molecule has 3 aromatic carbocycles. The van der Waals surface area contributed by atoms with Crippen molar-refractivity contribution in [2.75, 3.05) is 32.6 Å². The molecule has 61 heavy (non-hydrogen) atoms. The Morgan fingerprint density at radius 3 is 1.92 bits per heavy atom. The van der Waals surface area contributed by atoms with Gasteiger partial charge >= 0.3 is 11.9 Å². The third-order valence-electron chi connectivity index (χ3n) is 14.8. The standard InChI is InChI=1S/C48H51Cl2N5O6/c1-5-47-17-11-19-52(58)45(47)54-38-15-9-7-13-28(38)30(41(54)33(25-47)43(56)60-3)24-37-32(23-31-35(50)21-27(49)22-36(31)51-37)40-29-14-8-10-16-39(29)55-42(40)34(44(57)61-4)26-48(6-2)18-12-20-53(59)46(48)55/h7-10,13-16,21-22,25-26,32,37,45-46,51,58-59H,5-6,11-12,17-20,23-24H2,1-4H3/t32-,37+,45+,46+,47-,48-/m0/s1. The molecule has 0 unspecified atom stereocenters. The lowest BCUT2D eigenvalue weighted by Crippen LogP contribution is -2.49. The van der Waals surface area contributed by atoms with Gasteiger partial charge in [0.15, 0.2) is 0 Å². The summed E-state index contributed by atoms with van der Waals surface area (Å²) in [6.07, 6.45) is 8.81. The number of aromatic nitrogens is 2. The molecule has 0 saturated carbocycles. The van der Waals surface area contributed by atoms with Crippen molar-refractivity contribution < 1.29 is 29.5 Å². The molecule has 7 heterocycles. The maximum absolute atomic E-state index is 14.2. The molecular weight excluding hydrogens is 813 g/mol. The zero-order chi connectivity index (χ0) is 42.5. The molecule has 0 amide bonds. The van der Waals surface area contributed by atoms with Crippen LogP contribution in [0.5, 0.6) is 0 Å². The smallest absolute Gasteiger partial charge is 0.339 e. The van der Waals surface area contributed by atoms with Gasteiger partial charge in [-0.3, -0.25) is 0 Å². The summed E-state index contributed by atoms with van der Waals surface area (Å²) in [5.74, 6) is -1.16. The number of benzene rings is 3. The van der Waals surface area contributed by atoms with Gasteiger partial charge in [0.05, 0.1) is 47.8 Å². The molecule has 0 aliphatic carbocycles. The Hall–Kier alpha value is -4.62. The summed E-state index contributed by atoms with van der Waals surface area (Å²) in [6, 6.07) is 19.7. The lowest BCUT2D eigenvalue weighted by Gasteiger charge is -2.50. The number of ether oxygens (including phenoxy) is 2. The van der Waals surface area contributed by atoms with Gasteiger partial charge in [0.2, 0.25) is 0 Å². The molecule has 318 valence electrons. The fourth-order valence-corrected chi connectivity index (χ4v) is 12.6. The van der Waals surface area contributed by atoms with Gasteiger partial charge in [-0.1, -0.05) is 85.6 Å². The second kappa shape index (κ2) is 15.0. The van der Waals surface area contributed by atoms with E-state index in [2.05, 4.69) is 64.7 Å². The number of carbonyl (C=O) groups is 2. The highest BCUT2D eigenvalue weighted by Gasteiger charge is 2.52. The van der Waals surface area contributed by atoms with Crippen molar-refractivity contribution in [3.63, 3.8) is 0 Å². The van der Waals surface area contributed by atoms with Gasteiger partial charge in [-0.25, -0.2) is 9.59 Å². The van der Waals surface area contributed by atoms with Gasteiger partial charge in [0, 0.05) is 62.4 Å². The molecule has 2 saturated heterocycles. The van der Waals surface area contributed by atoms with E-state index in [0.29, 0.717) is 53.5 Å². The van der Waals surface area contributed by atoms with Crippen molar-refractivity contribution in [2.24, 2.45) is 10.8 Å². The molecule has 5 aliphatic rings. The van der Waals surface area contributed by atoms with Crippen LogP contribution in [-0.2, 0) is 31.9 Å². The Morgan fingerprint density at radius 1 is 0.787 bits per heavy atom. The van der Waals surface area contributed by atoms with Crippen LogP contribution in [0.4, 0.5) is 5.69 Å². The Bertz CT molecular complexity index is 2700. The molecule has 6 atom stereocenters. The number of nitrogens with zero attached hydrogens (tertiary/aromatic N) is 4. The van der Waals surface area contributed by atoms with Crippen molar-refractivity contribution in [3.8, 4) is 0 Å². The molecule has 13 heteroatoms. The highest BCUT2D eigenvalue weighted by atomic mass is 35.5. The number of hydroxylamine groups is 4. The highest BCUT2D eigenvalue weighted by Crippen LogP contribution is 2.58. The fourth-order valence-electron chi connectivity index (χ4n) is 12.1. The lowest BCUT2D eigenvalue weighted by molar-refractivity contribution is -0.203. The number of methoxy groups -OCH3 is 2. The fraction of sp³-hybridized carbons (Fsp3) is 0.417. The summed E-state index contributed by atoms with van der Waals surface area (Å²) in [6.45, 7) is 5.25. The summed E-state index contributed by atoms with van der Waals surface area (Å²) in [5.41, 5.74) is 6.83. The normalized spacial score (nSPS) is 27.2. The first-order valence-electron chi connectivity index (χ1n) is 21.5. The Balaban J connectivity index is 1.24. The van der Waals surface area contributed by atoms with Crippen molar-refractivity contribution in [3.05, 3.63) is 111 Å². The van der Waals surface area contributed by atoms with Crippen molar-refractivity contribution in [1.29, 1.82) is 0 Å².